The monoisotopic (exact) mass is 422 g/mol. The van der Waals surface area contributed by atoms with Gasteiger partial charge in [-0.1, -0.05) is 29.8 Å². The third-order valence-electron chi connectivity index (χ3n) is 5.58. The highest BCUT2D eigenvalue weighted by molar-refractivity contribution is 8.01. The molecule has 1 spiro atoms. The van der Waals surface area contributed by atoms with Crippen molar-refractivity contribution in [2.24, 2.45) is 0 Å². The summed E-state index contributed by atoms with van der Waals surface area (Å²) in [5.41, 5.74) is 3.43. The van der Waals surface area contributed by atoms with E-state index in [1.807, 2.05) is 25.1 Å². The third kappa shape index (κ3) is 2.76. The molecule has 3 aromatic rings. The minimum Gasteiger partial charge on any atom is -0.459 e. The standard InChI is InChI=1S/C23H19FN2O3S/c1-15-4-9-19-18(13-15)23(22(28)25(19)14-16-5-7-17(24)8-6-16)26(10-12-30-23)21(27)20-3-2-11-29-20/h2-9,11,13H,10,12,14H2,1H3/t23-/m1/s1. The lowest BCUT2D eigenvalue weighted by molar-refractivity contribution is -0.123. The number of furan rings is 1. The number of anilines is 1. The lowest BCUT2D eigenvalue weighted by Crippen LogP contribution is -2.50. The number of nitrogens with zero attached hydrogens (tertiary/aromatic N) is 2. The first-order chi connectivity index (χ1) is 14.5. The van der Waals surface area contributed by atoms with E-state index in [9.17, 15) is 14.0 Å². The van der Waals surface area contributed by atoms with E-state index in [1.54, 1.807) is 34.1 Å². The maximum Gasteiger partial charge on any atom is 0.291 e. The zero-order chi connectivity index (χ0) is 20.9. The lowest BCUT2D eigenvalue weighted by atomic mass is 10.0. The lowest BCUT2D eigenvalue weighted by Gasteiger charge is -2.32. The molecule has 0 bridgehead atoms. The van der Waals surface area contributed by atoms with Crippen LogP contribution in [0.1, 0.15) is 27.2 Å². The number of halogens is 1. The fourth-order valence-corrected chi connectivity index (χ4v) is 5.64. The van der Waals surface area contributed by atoms with Crippen LogP contribution in [0, 0.1) is 12.7 Å². The molecule has 7 heteroatoms. The van der Waals surface area contributed by atoms with Crippen molar-refractivity contribution in [3.63, 3.8) is 0 Å². The fraction of sp³-hybridized carbons (Fsp3) is 0.217. The SMILES string of the molecule is Cc1ccc2c(c1)[C@@]1(SCCN1C(=O)c1ccco1)C(=O)N2Cc1ccc(F)cc1. The van der Waals surface area contributed by atoms with E-state index in [0.717, 1.165) is 22.4 Å². The molecule has 2 aromatic carbocycles. The van der Waals surface area contributed by atoms with Gasteiger partial charge in [0.15, 0.2) is 10.6 Å². The number of hydrogen-bond donors (Lipinski definition) is 0. The van der Waals surface area contributed by atoms with Gasteiger partial charge in [0.1, 0.15) is 5.82 Å². The summed E-state index contributed by atoms with van der Waals surface area (Å²) in [5.74, 6) is 0.0939. The molecule has 152 valence electrons. The highest BCUT2D eigenvalue weighted by Crippen LogP contribution is 2.55. The number of thioether (sulfide) groups is 1. The van der Waals surface area contributed by atoms with Gasteiger partial charge in [0.05, 0.1) is 18.5 Å². The second kappa shape index (κ2) is 7.02. The van der Waals surface area contributed by atoms with Gasteiger partial charge in [0, 0.05) is 17.9 Å². The molecule has 5 nitrogen and oxygen atoms in total. The Hall–Kier alpha value is -3.06. The molecule has 1 fully saturated rings. The molecule has 1 atom stereocenters. The van der Waals surface area contributed by atoms with E-state index in [4.69, 9.17) is 4.42 Å². The van der Waals surface area contributed by atoms with Crippen molar-refractivity contribution < 1.29 is 18.4 Å². The van der Waals surface area contributed by atoms with E-state index in [-0.39, 0.29) is 23.4 Å². The van der Waals surface area contributed by atoms with Gasteiger partial charge >= 0.3 is 0 Å². The molecular formula is C23H19FN2O3S. The number of fused-ring (bicyclic) bond motifs is 2. The Morgan fingerprint density at radius 1 is 1.20 bits per heavy atom. The quantitative estimate of drug-likeness (QED) is 0.631. The molecule has 2 aliphatic rings. The average Bonchev–Trinajstić information content (AvgIpc) is 3.47. The highest BCUT2D eigenvalue weighted by atomic mass is 32.2. The second-order valence-corrected chi connectivity index (χ2v) is 8.75. The van der Waals surface area contributed by atoms with Crippen molar-refractivity contribution in [3.05, 3.63) is 89.1 Å². The molecule has 1 aromatic heterocycles. The normalized spacial score (nSPS) is 20.3. The van der Waals surface area contributed by atoms with Crippen molar-refractivity contribution in [3.8, 4) is 0 Å². The summed E-state index contributed by atoms with van der Waals surface area (Å²) in [7, 11) is 0. The molecule has 2 amide bonds. The number of rotatable bonds is 3. The molecule has 0 radical (unpaired) electrons. The molecule has 30 heavy (non-hydrogen) atoms. The Balaban J connectivity index is 1.60. The number of aryl methyl sites for hydroxylation is 1. The first kappa shape index (κ1) is 18.9. The summed E-state index contributed by atoms with van der Waals surface area (Å²) in [5, 5.41) is 0. The molecule has 3 heterocycles. The Morgan fingerprint density at radius 3 is 2.73 bits per heavy atom. The van der Waals surface area contributed by atoms with E-state index in [0.29, 0.717) is 18.8 Å². The molecular weight excluding hydrogens is 403 g/mol. The van der Waals surface area contributed by atoms with Gasteiger partial charge in [0.2, 0.25) is 0 Å². The molecule has 1 saturated heterocycles. The van der Waals surface area contributed by atoms with Crippen LogP contribution in [-0.2, 0) is 16.2 Å². The van der Waals surface area contributed by atoms with Crippen molar-refractivity contribution in [2.45, 2.75) is 18.3 Å². The van der Waals surface area contributed by atoms with Crippen LogP contribution < -0.4 is 4.90 Å². The van der Waals surface area contributed by atoms with Gasteiger partial charge in [-0.2, -0.15) is 0 Å². The highest BCUT2D eigenvalue weighted by Gasteiger charge is 2.59. The van der Waals surface area contributed by atoms with Gasteiger partial charge in [-0.05, 0) is 42.8 Å². The van der Waals surface area contributed by atoms with Crippen molar-refractivity contribution in [1.29, 1.82) is 0 Å². The average molecular weight is 422 g/mol. The van der Waals surface area contributed by atoms with Crippen molar-refractivity contribution >= 4 is 29.3 Å². The van der Waals surface area contributed by atoms with Gasteiger partial charge in [0.25, 0.3) is 11.8 Å². The van der Waals surface area contributed by atoms with E-state index < -0.39 is 4.87 Å². The number of amides is 2. The first-order valence-electron chi connectivity index (χ1n) is 9.68. The Kier molecular flexibility index (Phi) is 4.43. The zero-order valence-electron chi connectivity index (χ0n) is 16.3. The van der Waals surface area contributed by atoms with Gasteiger partial charge < -0.3 is 14.2 Å². The third-order valence-corrected chi connectivity index (χ3v) is 7.00. The largest absolute Gasteiger partial charge is 0.459 e. The van der Waals surface area contributed by atoms with Gasteiger partial charge in [-0.25, -0.2) is 4.39 Å². The predicted octanol–water partition coefficient (Wildman–Crippen LogP) is 4.32. The molecule has 2 aliphatic heterocycles. The van der Waals surface area contributed by atoms with E-state index >= 15 is 0 Å². The Bertz CT molecular complexity index is 1130. The smallest absolute Gasteiger partial charge is 0.291 e. The topological polar surface area (TPSA) is 53.8 Å². The summed E-state index contributed by atoms with van der Waals surface area (Å²) in [6.07, 6.45) is 1.46. The molecule has 0 saturated carbocycles. The minimum absolute atomic E-state index is 0.158. The van der Waals surface area contributed by atoms with Gasteiger partial charge in [-0.15, -0.1) is 11.8 Å². The summed E-state index contributed by atoms with van der Waals surface area (Å²) >= 11 is 1.47. The van der Waals surface area contributed by atoms with Crippen LogP contribution in [0.5, 0.6) is 0 Å². The fourth-order valence-electron chi connectivity index (χ4n) is 4.19. The van der Waals surface area contributed by atoms with Crippen molar-refractivity contribution in [1.82, 2.24) is 4.90 Å². The summed E-state index contributed by atoms with van der Waals surface area (Å²) in [6, 6.07) is 15.3. The molecule has 0 N–H and O–H groups in total. The van der Waals surface area contributed by atoms with Crippen LogP contribution in [0.3, 0.4) is 0 Å². The first-order valence-corrected chi connectivity index (χ1v) is 10.7. The molecule has 0 aliphatic carbocycles. The van der Waals surface area contributed by atoms with E-state index in [1.165, 1.54) is 30.2 Å². The minimum atomic E-state index is -1.12. The van der Waals surface area contributed by atoms with Crippen LogP contribution in [0.15, 0.2) is 65.3 Å². The Morgan fingerprint density at radius 2 is 2.00 bits per heavy atom. The number of hydrogen-bond acceptors (Lipinski definition) is 4. The number of benzene rings is 2. The number of carbonyl (C=O) groups is 2. The maximum absolute atomic E-state index is 13.9. The summed E-state index contributed by atoms with van der Waals surface area (Å²) < 4.78 is 18.7. The summed E-state index contributed by atoms with van der Waals surface area (Å²) in [4.78, 5) is 29.3. The zero-order valence-corrected chi connectivity index (χ0v) is 17.1. The van der Waals surface area contributed by atoms with Crippen molar-refractivity contribution in [2.75, 3.05) is 17.2 Å². The van der Waals surface area contributed by atoms with Gasteiger partial charge in [-0.3, -0.25) is 9.59 Å². The van der Waals surface area contributed by atoms with Crippen LogP contribution in [-0.4, -0.2) is 29.0 Å². The van der Waals surface area contributed by atoms with Crippen LogP contribution in [0.2, 0.25) is 0 Å². The summed E-state index contributed by atoms with van der Waals surface area (Å²) in [6.45, 7) is 2.73. The van der Waals surface area contributed by atoms with E-state index in [2.05, 4.69) is 0 Å². The second-order valence-electron chi connectivity index (χ2n) is 7.46. The number of carbonyl (C=O) groups excluding carboxylic acids is 2. The van der Waals surface area contributed by atoms with Crippen LogP contribution >= 0.6 is 11.8 Å². The van der Waals surface area contributed by atoms with Crippen LogP contribution in [0.25, 0.3) is 0 Å². The maximum atomic E-state index is 13.9. The molecule has 0 unspecified atom stereocenters. The predicted molar refractivity (Wildman–Crippen MR) is 113 cm³/mol. The Labute approximate surface area is 177 Å². The van der Waals surface area contributed by atoms with Crippen LogP contribution in [0.4, 0.5) is 10.1 Å². The molecule has 5 rings (SSSR count).